The van der Waals surface area contributed by atoms with Gasteiger partial charge in [-0.3, -0.25) is 10.1 Å². The number of phenolic OH excluding ortho intramolecular Hbond substituents is 1. The lowest BCUT2D eigenvalue weighted by atomic mass is 10.0. The first-order valence-corrected chi connectivity index (χ1v) is 13.7. The van der Waals surface area contributed by atoms with Crippen molar-refractivity contribution in [3.63, 3.8) is 0 Å². The van der Waals surface area contributed by atoms with E-state index in [9.17, 15) is 19.1 Å². The normalized spacial score (nSPS) is 12.3. The quantitative estimate of drug-likeness (QED) is 0.0938. The highest BCUT2D eigenvalue weighted by Gasteiger charge is 2.29. The minimum absolute atomic E-state index is 0.187. The van der Waals surface area contributed by atoms with E-state index in [2.05, 4.69) is 10.6 Å². The molecule has 2 atom stereocenters. The van der Waals surface area contributed by atoms with Gasteiger partial charge in [0.2, 0.25) is 5.91 Å². The molecule has 0 aliphatic rings. The maximum absolute atomic E-state index is 14.4. The van der Waals surface area contributed by atoms with E-state index in [-0.39, 0.29) is 5.56 Å². The summed E-state index contributed by atoms with van der Waals surface area (Å²) in [5, 5.41) is 15.1. The molecule has 0 heterocycles. The van der Waals surface area contributed by atoms with Crippen molar-refractivity contribution in [1.82, 2.24) is 0 Å². The van der Waals surface area contributed by atoms with Crippen molar-refractivity contribution >= 4 is 40.8 Å². The molecule has 0 aliphatic heterocycles. The first kappa shape index (κ1) is 29.0. The smallest absolute Gasteiger partial charge is 0.412 e. The number of halogens is 1. The second-order valence-corrected chi connectivity index (χ2v) is 9.60. The monoisotopic (exact) mass is 573 g/mol. The molecule has 0 bridgehead atoms. The molecule has 0 saturated carbocycles. The molecule has 5 N–H and O–H groups in total. The van der Waals surface area contributed by atoms with Gasteiger partial charge in [0.05, 0.1) is 11.4 Å². The molecule has 0 radical (unpaired) electrons. The summed E-state index contributed by atoms with van der Waals surface area (Å²) in [4.78, 5) is 26.8. The Bertz CT molecular complexity index is 1520. The van der Waals surface area contributed by atoms with Crippen LogP contribution in [0.2, 0.25) is 0 Å². The predicted octanol–water partition coefficient (Wildman–Crippen LogP) is 6.77. The van der Waals surface area contributed by atoms with Gasteiger partial charge in [0, 0.05) is 16.7 Å². The first-order valence-electron chi connectivity index (χ1n) is 12.5. The van der Waals surface area contributed by atoms with Gasteiger partial charge >= 0.3 is 6.09 Å². The van der Waals surface area contributed by atoms with Gasteiger partial charge < -0.3 is 25.6 Å². The van der Waals surface area contributed by atoms with E-state index >= 15 is 0 Å². The van der Waals surface area contributed by atoms with E-state index in [0.717, 1.165) is 17.0 Å². The Balaban J connectivity index is 1.64. The summed E-state index contributed by atoms with van der Waals surface area (Å²) in [5.41, 5.74) is 7.40. The minimum Gasteiger partial charge on any atom is -0.505 e. The highest BCUT2D eigenvalue weighted by molar-refractivity contribution is 7.98. The van der Waals surface area contributed by atoms with E-state index in [1.807, 2.05) is 18.4 Å². The lowest BCUT2D eigenvalue weighted by molar-refractivity contribution is -0.112. The lowest BCUT2D eigenvalue weighted by Gasteiger charge is -2.26. The average Bonchev–Trinajstić information content (AvgIpc) is 2.98. The maximum Gasteiger partial charge on any atom is 0.412 e. The van der Waals surface area contributed by atoms with Gasteiger partial charge in [-0.05, 0) is 78.6 Å². The zero-order valence-electron chi connectivity index (χ0n) is 22.0. The van der Waals surface area contributed by atoms with Gasteiger partial charge in [0.1, 0.15) is 5.75 Å². The Kier molecular flexibility index (Phi) is 9.85. The number of hydrogen-bond acceptors (Lipinski definition) is 7. The van der Waals surface area contributed by atoms with Gasteiger partial charge in [0.25, 0.3) is 0 Å². The van der Waals surface area contributed by atoms with Gasteiger partial charge in [-0.15, -0.1) is 11.8 Å². The largest absolute Gasteiger partial charge is 0.505 e. The van der Waals surface area contributed by atoms with Crippen LogP contribution >= 0.6 is 11.8 Å². The van der Waals surface area contributed by atoms with Crippen LogP contribution in [0, 0.1) is 5.82 Å². The number of aromatic hydroxyl groups is 1. The summed E-state index contributed by atoms with van der Waals surface area (Å²) in [6.45, 7) is 0. The van der Waals surface area contributed by atoms with Gasteiger partial charge in [-0.25, -0.2) is 9.18 Å². The van der Waals surface area contributed by atoms with Crippen molar-refractivity contribution in [2.75, 3.05) is 22.6 Å². The number of rotatable bonds is 10. The third kappa shape index (κ3) is 8.26. The Morgan fingerprint density at radius 3 is 2.34 bits per heavy atom. The molecule has 4 aromatic rings. The number of anilines is 3. The van der Waals surface area contributed by atoms with Crippen molar-refractivity contribution in [2.45, 2.75) is 17.1 Å². The lowest BCUT2D eigenvalue weighted by Crippen LogP contribution is -2.30. The fourth-order valence-corrected chi connectivity index (χ4v) is 4.20. The molecule has 4 aromatic carbocycles. The van der Waals surface area contributed by atoms with Gasteiger partial charge in [-0.1, -0.05) is 36.4 Å². The third-order valence-electron chi connectivity index (χ3n) is 5.84. The molecule has 0 unspecified atom stereocenters. The number of nitrogen functional groups attached to an aromatic ring is 1. The van der Waals surface area contributed by atoms with E-state index in [1.165, 1.54) is 18.2 Å². The number of hydrogen-bond donors (Lipinski definition) is 4. The van der Waals surface area contributed by atoms with Crippen LogP contribution in [0.5, 0.6) is 11.5 Å². The highest BCUT2D eigenvalue weighted by Crippen LogP contribution is 2.30. The van der Waals surface area contributed by atoms with Crippen molar-refractivity contribution in [1.29, 1.82) is 0 Å². The third-order valence-corrected chi connectivity index (χ3v) is 6.58. The molecule has 41 heavy (non-hydrogen) atoms. The molecule has 8 nitrogen and oxygen atoms in total. The molecule has 0 aliphatic carbocycles. The van der Waals surface area contributed by atoms with Crippen molar-refractivity contribution in [2.24, 2.45) is 0 Å². The van der Waals surface area contributed by atoms with Crippen LogP contribution in [0.3, 0.4) is 0 Å². The zero-order valence-corrected chi connectivity index (χ0v) is 22.8. The summed E-state index contributed by atoms with van der Waals surface area (Å²) in [6.07, 6.45) is 1.39. The molecule has 4 rings (SSSR count). The number of ether oxygens (including phenoxy) is 2. The maximum atomic E-state index is 14.4. The van der Waals surface area contributed by atoms with Crippen LogP contribution in [0.4, 0.5) is 26.2 Å². The predicted molar refractivity (Wildman–Crippen MR) is 159 cm³/mol. The summed E-state index contributed by atoms with van der Waals surface area (Å²) >= 11 is 1.56. The van der Waals surface area contributed by atoms with Crippen LogP contribution in [0.1, 0.15) is 11.7 Å². The summed E-state index contributed by atoms with van der Waals surface area (Å²) < 4.78 is 26.3. The Morgan fingerprint density at radius 1 is 0.951 bits per heavy atom. The summed E-state index contributed by atoms with van der Waals surface area (Å²) in [6, 6.07) is 26.2. The topological polar surface area (TPSA) is 123 Å². The molecule has 10 heteroatoms. The molecule has 0 spiro atoms. The van der Waals surface area contributed by atoms with Gasteiger partial charge in [-0.2, -0.15) is 0 Å². The number of carbonyl (C=O) groups is 2. The standard InChI is InChI=1S/C31H28FN3O5S/c1-41-23-14-12-21(13-15-23)34-31(38)40-30(20-11-16-27(36)24(32)19-20)28(39-22-7-3-2-4-8-22)17-18-29(37)35-26-10-6-5-9-25(26)33/h2-19,28,30,36H,33H2,1H3,(H,34,38)(H,35,37)/b18-17+/t28-,30-/m1/s1. The Morgan fingerprint density at radius 2 is 1.66 bits per heavy atom. The number of nitrogens with two attached hydrogens (primary N) is 1. The molecule has 2 amide bonds. The number of carbonyl (C=O) groups excluding carboxylic acids is 2. The van der Waals surface area contributed by atoms with Crippen LogP contribution in [-0.2, 0) is 9.53 Å². The number of phenols is 1. The fraction of sp³-hybridized carbons (Fsp3) is 0.0968. The van der Waals surface area contributed by atoms with Gasteiger partial charge in [0.15, 0.2) is 23.8 Å². The first-order chi connectivity index (χ1) is 19.8. The van der Waals surface area contributed by atoms with Crippen LogP contribution in [0.25, 0.3) is 0 Å². The Labute approximate surface area is 241 Å². The molecule has 0 fully saturated rings. The number of para-hydroxylation sites is 3. The van der Waals surface area contributed by atoms with E-state index < -0.39 is 35.8 Å². The van der Waals surface area contributed by atoms with Crippen molar-refractivity contribution in [3.05, 3.63) is 121 Å². The van der Waals surface area contributed by atoms with E-state index in [0.29, 0.717) is 22.8 Å². The SMILES string of the molecule is CSc1ccc(NC(=O)O[C@H](c2ccc(O)c(F)c2)[C@@H](/C=C/C(=O)Nc2ccccc2N)Oc2ccccc2)cc1. The number of nitrogens with one attached hydrogen (secondary N) is 2. The molecule has 210 valence electrons. The number of amides is 2. The molecular formula is C31H28FN3O5S. The summed E-state index contributed by atoms with van der Waals surface area (Å²) in [5.74, 6) is -1.58. The highest BCUT2D eigenvalue weighted by atomic mass is 32.2. The fourth-order valence-electron chi connectivity index (χ4n) is 3.79. The second kappa shape index (κ2) is 13.9. The molecule has 0 saturated heterocycles. The average molecular weight is 574 g/mol. The minimum atomic E-state index is -1.23. The Hall–Kier alpha value is -4.96. The zero-order chi connectivity index (χ0) is 29.2. The van der Waals surface area contributed by atoms with Crippen LogP contribution in [-0.4, -0.2) is 29.5 Å². The van der Waals surface area contributed by atoms with Crippen molar-refractivity contribution in [3.8, 4) is 11.5 Å². The molecular weight excluding hydrogens is 545 g/mol. The van der Waals surface area contributed by atoms with Crippen LogP contribution < -0.4 is 21.1 Å². The van der Waals surface area contributed by atoms with Crippen LogP contribution in [0.15, 0.2) is 114 Å². The number of benzene rings is 4. The number of thioether (sulfide) groups is 1. The van der Waals surface area contributed by atoms with E-state index in [4.69, 9.17) is 15.2 Å². The van der Waals surface area contributed by atoms with Crippen molar-refractivity contribution < 1.29 is 28.6 Å². The molecule has 0 aromatic heterocycles. The van der Waals surface area contributed by atoms with E-state index in [1.54, 1.807) is 78.5 Å². The summed E-state index contributed by atoms with van der Waals surface area (Å²) in [7, 11) is 0. The second-order valence-electron chi connectivity index (χ2n) is 8.72.